The van der Waals surface area contributed by atoms with Gasteiger partial charge in [0.15, 0.2) is 0 Å². The van der Waals surface area contributed by atoms with Crippen LogP contribution in [-0.2, 0) is 17.7 Å². The van der Waals surface area contributed by atoms with Crippen LogP contribution in [0.5, 0.6) is 0 Å². The maximum Gasteiger partial charge on any atom is 0.133 e. The molecule has 0 saturated carbocycles. The lowest BCUT2D eigenvalue weighted by Crippen LogP contribution is -2.37. The number of pyridine rings is 1. The van der Waals surface area contributed by atoms with Gasteiger partial charge in [-0.3, -0.25) is 0 Å². The largest absolute Gasteiger partial charge is 0.464 e. The van der Waals surface area contributed by atoms with Gasteiger partial charge in [0.25, 0.3) is 0 Å². The maximum atomic E-state index is 5.82. The Balaban J connectivity index is 1.65. The van der Waals surface area contributed by atoms with E-state index in [9.17, 15) is 0 Å². The molecule has 1 aliphatic rings. The minimum Gasteiger partial charge on any atom is -0.464 e. The highest BCUT2D eigenvalue weighted by Gasteiger charge is 2.17. The zero-order chi connectivity index (χ0) is 16.1. The molecule has 1 atom stereocenters. The third kappa shape index (κ3) is 3.92. The third-order valence-corrected chi connectivity index (χ3v) is 4.23. The summed E-state index contributed by atoms with van der Waals surface area (Å²) in [6.07, 6.45) is 2.79. The van der Waals surface area contributed by atoms with Gasteiger partial charge >= 0.3 is 0 Å². The standard InChI is InChI=1S/C18H25N3O2/c1-3-16-6-7-17(23-16)14(2)20-13-15-5-4-8-19-18(15)21-9-11-22-12-10-21/h4-8,14,20H,3,9-13H2,1-2H3. The molecule has 3 heterocycles. The summed E-state index contributed by atoms with van der Waals surface area (Å²) in [5.74, 6) is 3.08. The summed E-state index contributed by atoms with van der Waals surface area (Å²) < 4.78 is 11.3. The summed E-state index contributed by atoms with van der Waals surface area (Å²) in [6, 6.07) is 8.41. The van der Waals surface area contributed by atoms with Crippen molar-refractivity contribution < 1.29 is 9.15 Å². The van der Waals surface area contributed by atoms with E-state index in [1.54, 1.807) is 0 Å². The Hall–Kier alpha value is -1.85. The molecule has 1 N–H and O–H groups in total. The van der Waals surface area contributed by atoms with E-state index < -0.39 is 0 Å². The van der Waals surface area contributed by atoms with Crippen molar-refractivity contribution in [3.05, 3.63) is 47.5 Å². The quantitative estimate of drug-likeness (QED) is 0.888. The van der Waals surface area contributed by atoms with Crippen molar-refractivity contribution >= 4 is 5.82 Å². The number of anilines is 1. The molecule has 2 aromatic heterocycles. The molecule has 0 aliphatic carbocycles. The molecule has 3 rings (SSSR count). The molecule has 23 heavy (non-hydrogen) atoms. The second-order valence-electron chi connectivity index (χ2n) is 5.85. The zero-order valence-electron chi connectivity index (χ0n) is 13.9. The van der Waals surface area contributed by atoms with Crippen molar-refractivity contribution in [3.63, 3.8) is 0 Å². The summed E-state index contributed by atoms with van der Waals surface area (Å²) in [6.45, 7) is 8.34. The van der Waals surface area contributed by atoms with Crippen LogP contribution in [0.25, 0.3) is 0 Å². The fourth-order valence-corrected chi connectivity index (χ4v) is 2.81. The minimum absolute atomic E-state index is 0.174. The summed E-state index contributed by atoms with van der Waals surface area (Å²) in [5.41, 5.74) is 1.21. The average Bonchev–Trinajstić information content (AvgIpc) is 3.10. The van der Waals surface area contributed by atoms with Crippen molar-refractivity contribution in [2.75, 3.05) is 31.2 Å². The molecule has 0 spiro atoms. The van der Waals surface area contributed by atoms with Crippen LogP contribution in [0, 0.1) is 0 Å². The second kappa shape index (κ2) is 7.62. The number of rotatable bonds is 6. The van der Waals surface area contributed by atoms with Gasteiger partial charge in [-0.25, -0.2) is 4.98 Å². The van der Waals surface area contributed by atoms with Crippen LogP contribution < -0.4 is 10.2 Å². The topological polar surface area (TPSA) is 50.5 Å². The molecule has 1 aliphatic heterocycles. The van der Waals surface area contributed by atoms with Crippen LogP contribution in [0.1, 0.15) is 37.0 Å². The molecule has 0 radical (unpaired) electrons. The van der Waals surface area contributed by atoms with Crippen molar-refractivity contribution in [3.8, 4) is 0 Å². The number of aryl methyl sites for hydroxylation is 1. The van der Waals surface area contributed by atoms with E-state index in [1.165, 1.54) is 5.56 Å². The number of hydrogen-bond acceptors (Lipinski definition) is 5. The Bertz CT molecular complexity index is 620. The summed E-state index contributed by atoms with van der Waals surface area (Å²) >= 11 is 0. The smallest absolute Gasteiger partial charge is 0.133 e. The van der Waals surface area contributed by atoms with Gasteiger partial charge in [0.05, 0.1) is 19.3 Å². The highest BCUT2D eigenvalue weighted by atomic mass is 16.5. The van der Waals surface area contributed by atoms with Crippen LogP contribution in [0.3, 0.4) is 0 Å². The van der Waals surface area contributed by atoms with Crippen LogP contribution in [0.15, 0.2) is 34.9 Å². The molecule has 1 unspecified atom stereocenters. The van der Waals surface area contributed by atoms with E-state index in [4.69, 9.17) is 9.15 Å². The number of hydrogen-bond donors (Lipinski definition) is 1. The van der Waals surface area contributed by atoms with E-state index in [1.807, 2.05) is 12.3 Å². The summed E-state index contributed by atoms with van der Waals surface area (Å²) in [4.78, 5) is 6.88. The van der Waals surface area contributed by atoms with E-state index in [-0.39, 0.29) is 6.04 Å². The van der Waals surface area contributed by atoms with Crippen LogP contribution in [0.2, 0.25) is 0 Å². The fraction of sp³-hybridized carbons (Fsp3) is 0.500. The Morgan fingerprint density at radius 3 is 2.83 bits per heavy atom. The number of furan rings is 1. The molecule has 1 saturated heterocycles. The van der Waals surface area contributed by atoms with Gasteiger partial charge in [0.1, 0.15) is 17.3 Å². The first kappa shape index (κ1) is 16.0. The number of ether oxygens (including phenoxy) is 1. The Morgan fingerprint density at radius 1 is 1.26 bits per heavy atom. The molecule has 2 aromatic rings. The predicted molar refractivity (Wildman–Crippen MR) is 90.6 cm³/mol. The lowest BCUT2D eigenvalue weighted by Gasteiger charge is -2.29. The molecule has 1 fully saturated rings. The van der Waals surface area contributed by atoms with Crippen LogP contribution in [-0.4, -0.2) is 31.3 Å². The van der Waals surface area contributed by atoms with Crippen molar-refractivity contribution in [2.24, 2.45) is 0 Å². The van der Waals surface area contributed by atoms with Crippen LogP contribution >= 0.6 is 0 Å². The van der Waals surface area contributed by atoms with Crippen molar-refractivity contribution in [2.45, 2.75) is 32.9 Å². The Kier molecular flexibility index (Phi) is 5.31. The van der Waals surface area contributed by atoms with Gasteiger partial charge < -0.3 is 19.4 Å². The van der Waals surface area contributed by atoms with Gasteiger partial charge in [-0.15, -0.1) is 0 Å². The maximum absolute atomic E-state index is 5.82. The van der Waals surface area contributed by atoms with Gasteiger partial charge in [0, 0.05) is 37.8 Å². The molecular formula is C18H25N3O2. The van der Waals surface area contributed by atoms with Crippen molar-refractivity contribution in [1.29, 1.82) is 0 Å². The molecule has 5 nitrogen and oxygen atoms in total. The van der Waals surface area contributed by atoms with E-state index in [2.05, 4.69) is 47.2 Å². The average molecular weight is 315 g/mol. The van der Waals surface area contributed by atoms with Crippen LogP contribution in [0.4, 0.5) is 5.82 Å². The molecule has 0 aromatic carbocycles. The normalized spacial score (nSPS) is 16.5. The number of aromatic nitrogens is 1. The van der Waals surface area contributed by atoms with Gasteiger partial charge in [-0.2, -0.15) is 0 Å². The fourth-order valence-electron chi connectivity index (χ4n) is 2.81. The van der Waals surface area contributed by atoms with Gasteiger partial charge in [-0.05, 0) is 25.1 Å². The van der Waals surface area contributed by atoms with E-state index in [0.717, 1.165) is 56.6 Å². The summed E-state index contributed by atoms with van der Waals surface area (Å²) in [7, 11) is 0. The molecular weight excluding hydrogens is 290 g/mol. The molecule has 124 valence electrons. The van der Waals surface area contributed by atoms with E-state index in [0.29, 0.717) is 0 Å². The minimum atomic E-state index is 0.174. The molecule has 0 amide bonds. The lowest BCUT2D eigenvalue weighted by atomic mass is 10.2. The number of nitrogens with one attached hydrogen (secondary N) is 1. The second-order valence-corrected chi connectivity index (χ2v) is 5.85. The number of nitrogens with zero attached hydrogens (tertiary/aromatic N) is 2. The SMILES string of the molecule is CCc1ccc(C(C)NCc2cccnc2N2CCOCC2)o1. The first-order chi connectivity index (χ1) is 11.3. The van der Waals surface area contributed by atoms with E-state index >= 15 is 0 Å². The number of morpholine rings is 1. The zero-order valence-corrected chi connectivity index (χ0v) is 13.9. The van der Waals surface area contributed by atoms with Gasteiger partial charge in [-0.1, -0.05) is 13.0 Å². The summed E-state index contributed by atoms with van der Waals surface area (Å²) in [5, 5.41) is 3.54. The Morgan fingerprint density at radius 2 is 2.09 bits per heavy atom. The predicted octanol–water partition coefficient (Wildman–Crippen LogP) is 2.92. The first-order valence-electron chi connectivity index (χ1n) is 8.36. The molecule has 0 bridgehead atoms. The molecule has 5 heteroatoms. The lowest BCUT2D eigenvalue weighted by molar-refractivity contribution is 0.122. The Labute approximate surface area is 137 Å². The van der Waals surface area contributed by atoms with Gasteiger partial charge in [0.2, 0.25) is 0 Å². The third-order valence-electron chi connectivity index (χ3n) is 4.23. The monoisotopic (exact) mass is 315 g/mol. The van der Waals surface area contributed by atoms with Crippen molar-refractivity contribution in [1.82, 2.24) is 10.3 Å². The first-order valence-corrected chi connectivity index (χ1v) is 8.36. The highest BCUT2D eigenvalue weighted by molar-refractivity contribution is 5.47. The highest BCUT2D eigenvalue weighted by Crippen LogP contribution is 2.21.